The molecule has 3 nitrogen and oxygen atoms in total. The summed E-state index contributed by atoms with van der Waals surface area (Å²) in [5, 5.41) is 0.995. The Morgan fingerprint density at radius 1 is 1.69 bits per heavy atom. The molecule has 0 aliphatic rings. The molecule has 0 spiro atoms. The number of rotatable bonds is 2. The molecule has 68 valence electrons. The van der Waals surface area contributed by atoms with Gasteiger partial charge in [0.15, 0.2) is 0 Å². The van der Waals surface area contributed by atoms with Gasteiger partial charge in [0.2, 0.25) is 14.7 Å². The van der Waals surface area contributed by atoms with Crippen molar-refractivity contribution >= 4 is 26.1 Å². The van der Waals surface area contributed by atoms with Crippen molar-refractivity contribution in [2.75, 3.05) is 0 Å². The minimum atomic E-state index is -0.107. The van der Waals surface area contributed by atoms with E-state index in [-0.39, 0.29) is 15.6 Å². The first kappa shape index (κ1) is 8.65. The van der Waals surface area contributed by atoms with Crippen LogP contribution in [0.25, 0.3) is 5.03 Å². The maximum absolute atomic E-state index is 11.2. The fourth-order valence-electron chi connectivity index (χ4n) is 0.887. The Kier molecular flexibility index (Phi) is 2.28. The largest absolute Gasteiger partial charge is 0.362 e. The molecular formula is C8H9N2OS2+. The zero-order chi connectivity index (χ0) is 9.26. The highest BCUT2D eigenvalue weighted by Gasteiger charge is 2.35. The van der Waals surface area contributed by atoms with Crippen molar-refractivity contribution in [3.8, 4) is 5.03 Å². The molecule has 5 heteroatoms. The van der Waals surface area contributed by atoms with Crippen molar-refractivity contribution in [2.24, 2.45) is 0 Å². The van der Waals surface area contributed by atoms with Crippen LogP contribution in [0, 0.1) is 0 Å². The first-order valence-electron chi connectivity index (χ1n) is 3.99. The highest BCUT2D eigenvalue weighted by Crippen LogP contribution is 2.42. The van der Waals surface area contributed by atoms with Gasteiger partial charge in [-0.2, -0.15) is 0 Å². The highest BCUT2D eigenvalue weighted by molar-refractivity contribution is 7.90. The molecule has 0 radical (unpaired) electrons. The van der Waals surface area contributed by atoms with Gasteiger partial charge in [0.05, 0.1) is 0 Å². The quantitative estimate of drug-likeness (QED) is 0.568. The van der Waals surface area contributed by atoms with Crippen LogP contribution < -0.4 is 0 Å². The van der Waals surface area contributed by atoms with Crippen LogP contribution in [0.2, 0.25) is 0 Å². The second kappa shape index (κ2) is 3.43. The molecule has 0 saturated carbocycles. The van der Waals surface area contributed by atoms with Crippen molar-refractivity contribution in [3.63, 3.8) is 0 Å². The summed E-state index contributed by atoms with van der Waals surface area (Å²) in [5.41, 5.74) is 0. The van der Waals surface area contributed by atoms with Gasteiger partial charge in [-0.3, -0.25) is 4.79 Å². The van der Waals surface area contributed by atoms with Crippen LogP contribution in [0.4, 0.5) is 0 Å². The van der Waals surface area contributed by atoms with Crippen molar-refractivity contribution < 1.29 is 4.79 Å². The molecule has 2 aromatic heterocycles. The van der Waals surface area contributed by atoms with E-state index >= 15 is 0 Å². The van der Waals surface area contributed by atoms with E-state index in [9.17, 15) is 4.79 Å². The standard InChI is InChI=1S/C8H9N2OS2/c1-2-8(11)10-12-13(10)7-5-3-4-6-9-7/h3-6H,2H2,1H3/q+1. The smallest absolute Gasteiger partial charge is 0.268 e. The lowest BCUT2D eigenvalue weighted by Gasteiger charge is -1.81. The van der Waals surface area contributed by atoms with Crippen LogP contribution in [0.3, 0.4) is 0 Å². The first-order valence-corrected chi connectivity index (χ1v) is 6.47. The van der Waals surface area contributed by atoms with Crippen LogP contribution in [-0.4, -0.2) is 14.2 Å². The molecule has 1 atom stereocenters. The summed E-state index contributed by atoms with van der Waals surface area (Å²) in [6.45, 7) is 1.88. The van der Waals surface area contributed by atoms with Gasteiger partial charge in [-0.05, 0) is 12.1 Å². The van der Waals surface area contributed by atoms with E-state index in [1.54, 1.807) is 20.1 Å². The van der Waals surface area contributed by atoms with E-state index < -0.39 is 0 Å². The van der Waals surface area contributed by atoms with Gasteiger partial charge in [0.25, 0.3) is 5.91 Å². The lowest BCUT2D eigenvalue weighted by Crippen LogP contribution is -1.97. The molecule has 0 fully saturated rings. The first-order chi connectivity index (χ1) is 6.33. The molecule has 0 aliphatic carbocycles. The second-order valence-electron chi connectivity index (χ2n) is 2.50. The van der Waals surface area contributed by atoms with Crippen LogP contribution >= 0.6 is 20.2 Å². The second-order valence-corrected chi connectivity index (χ2v) is 5.92. The fourth-order valence-corrected chi connectivity index (χ4v) is 3.94. The molecule has 1 unspecified atom stereocenters. The third-order valence-electron chi connectivity index (χ3n) is 1.59. The predicted molar refractivity (Wildman–Crippen MR) is 54.8 cm³/mol. The Morgan fingerprint density at radius 3 is 3.15 bits per heavy atom. The van der Waals surface area contributed by atoms with Gasteiger partial charge in [-0.1, -0.05) is 13.0 Å². The molecular weight excluding hydrogens is 204 g/mol. The average Bonchev–Trinajstić information content (AvgIpc) is 2.98. The summed E-state index contributed by atoms with van der Waals surface area (Å²) in [5.74, 6) is 0.194. The molecule has 0 amide bonds. The Bertz CT molecular complexity index is 398. The van der Waals surface area contributed by atoms with Gasteiger partial charge in [0.1, 0.15) is 0 Å². The summed E-state index contributed by atoms with van der Waals surface area (Å²) >= 11 is 0. The minimum Gasteiger partial charge on any atom is -0.268 e. The molecule has 2 aromatic rings. The summed E-state index contributed by atoms with van der Waals surface area (Å²) < 4.78 is 1.79. The number of nitrogens with zero attached hydrogens (tertiary/aromatic N) is 2. The maximum Gasteiger partial charge on any atom is 0.362 e. The van der Waals surface area contributed by atoms with E-state index in [4.69, 9.17) is 0 Å². The SMILES string of the molecule is CCC(=O)n1s[s+]1-c1ccccn1. The number of pyridine rings is 1. The van der Waals surface area contributed by atoms with Crippen molar-refractivity contribution in [2.45, 2.75) is 13.3 Å². The van der Waals surface area contributed by atoms with E-state index in [0.717, 1.165) is 5.03 Å². The Hall–Kier alpha value is -0.940. The molecule has 0 N–H and O–H groups in total. The molecule has 0 bridgehead atoms. The molecule has 2 rings (SSSR count). The predicted octanol–water partition coefficient (Wildman–Crippen LogP) is 2.73. The van der Waals surface area contributed by atoms with Crippen LogP contribution in [-0.2, 0) is 0 Å². The monoisotopic (exact) mass is 213 g/mol. The van der Waals surface area contributed by atoms with Gasteiger partial charge in [-0.15, -0.1) is 0 Å². The van der Waals surface area contributed by atoms with E-state index in [0.29, 0.717) is 6.42 Å². The lowest BCUT2D eigenvalue weighted by atomic mass is 10.5. The topological polar surface area (TPSA) is 34.9 Å². The Labute approximate surface area is 82.3 Å². The van der Waals surface area contributed by atoms with Gasteiger partial charge in [0, 0.05) is 16.0 Å². The zero-order valence-corrected chi connectivity index (χ0v) is 8.77. The average molecular weight is 213 g/mol. The van der Waals surface area contributed by atoms with Crippen LogP contribution in [0.5, 0.6) is 0 Å². The lowest BCUT2D eigenvalue weighted by molar-refractivity contribution is 0.0933. The van der Waals surface area contributed by atoms with Crippen molar-refractivity contribution in [3.05, 3.63) is 24.4 Å². The summed E-state index contributed by atoms with van der Waals surface area (Å²) in [7, 11) is 1.46. The molecule has 2 heterocycles. The van der Waals surface area contributed by atoms with Crippen molar-refractivity contribution in [1.29, 1.82) is 0 Å². The van der Waals surface area contributed by atoms with E-state index in [1.165, 1.54) is 0 Å². The maximum atomic E-state index is 11.2. The number of hydrogen-bond acceptors (Lipinski definition) is 3. The number of aromatic nitrogens is 2. The Balaban J connectivity index is 2.21. The highest BCUT2D eigenvalue weighted by atomic mass is 33.0. The molecule has 0 aromatic carbocycles. The zero-order valence-electron chi connectivity index (χ0n) is 7.14. The number of hydrogen-bond donors (Lipinski definition) is 0. The fraction of sp³-hybridized carbons (Fsp3) is 0.250. The normalized spacial score (nSPS) is 11.9. The minimum absolute atomic E-state index is 0.107. The van der Waals surface area contributed by atoms with Crippen LogP contribution in [0.15, 0.2) is 24.4 Å². The third kappa shape index (κ3) is 1.71. The number of carbonyl (C=O) groups is 1. The van der Waals surface area contributed by atoms with Gasteiger partial charge < -0.3 is 0 Å². The van der Waals surface area contributed by atoms with Gasteiger partial charge in [-0.25, -0.2) is 4.98 Å². The van der Waals surface area contributed by atoms with Gasteiger partial charge >= 0.3 is 10.5 Å². The van der Waals surface area contributed by atoms with Crippen molar-refractivity contribution in [1.82, 2.24) is 8.33 Å². The third-order valence-corrected chi connectivity index (χ3v) is 4.99. The summed E-state index contributed by atoms with van der Waals surface area (Å²) in [6, 6.07) is 5.79. The Morgan fingerprint density at radius 2 is 2.54 bits per heavy atom. The van der Waals surface area contributed by atoms with E-state index in [1.807, 2.05) is 25.1 Å². The summed E-state index contributed by atoms with van der Waals surface area (Å²) in [6.07, 6.45) is 2.33. The molecule has 13 heavy (non-hydrogen) atoms. The van der Waals surface area contributed by atoms with Crippen LogP contribution in [0.1, 0.15) is 18.1 Å². The molecule has 0 saturated heterocycles. The molecule has 0 aliphatic heterocycles. The van der Waals surface area contributed by atoms with E-state index in [2.05, 4.69) is 4.98 Å². The summed E-state index contributed by atoms with van der Waals surface area (Å²) in [4.78, 5) is 15.4. The number of carbonyl (C=O) groups excluding carboxylic acids is 1.